The zero-order valence-corrected chi connectivity index (χ0v) is 9.88. The number of methoxy groups -OCH3 is 1. The number of pyridine rings is 1. The van der Waals surface area contributed by atoms with Gasteiger partial charge in [-0.15, -0.1) is 0 Å². The van der Waals surface area contributed by atoms with Gasteiger partial charge in [0.2, 0.25) is 0 Å². The highest BCUT2D eigenvalue weighted by Crippen LogP contribution is 2.23. The Balaban J connectivity index is 2.10. The van der Waals surface area contributed by atoms with E-state index in [0.717, 1.165) is 5.75 Å². The molecular formula is C13H13N3O2. The molecule has 5 nitrogen and oxygen atoms in total. The number of benzene rings is 1. The van der Waals surface area contributed by atoms with Gasteiger partial charge < -0.3 is 15.2 Å². The highest BCUT2D eigenvalue weighted by atomic mass is 16.5. The second-order valence-electron chi connectivity index (χ2n) is 3.57. The van der Waals surface area contributed by atoms with E-state index in [4.69, 9.17) is 20.6 Å². The number of hydrogen-bond acceptors (Lipinski definition) is 4. The van der Waals surface area contributed by atoms with E-state index in [-0.39, 0.29) is 5.84 Å². The first-order valence-corrected chi connectivity index (χ1v) is 5.31. The number of aromatic nitrogens is 1. The molecule has 2 rings (SSSR count). The molecule has 1 aromatic heterocycles. The summed E-state index contributed by atoms with van der Waals surface area (Å²) in [6, 6.07) is 10.6. The second-order valence-corrected chi connectivity index (χ2v) is 3.57. The number of amidine groups is 1. The summed E-state index contributed by atoms with van der Waals surface area (Å²) in [7, 11) is 1.61. The van der Waals surface area contributed by atoms with Gasteiger partial charge in [0.25, 0.3) is 0 Å². The number of ether oxygens (including phenoxy) is 2. The van der Waals surface area contributed by atoms with Crippen molar-refractivity contribution in [3.8, 4) is 17.2 Å². The molecule has 0 saturated carbocycles. The van der Waals surface area contributed by atoms with Gasteiger partial charge in [0.05, 0.1) is 13.3 Å². The van der Waals surface area contributed by atoms with Crippen LogP contribution in [0.3, 0.4) is 0 Å². The first-order valence-electron chi connectivity index (χ1n) is 5.31. The van der Waals surface area contributed by atoms with Crippen molar-refractivity contribution in [2.75, 3.05) is 7.11 Å². The standard InChI is InChI=1S/C13H13N3O2/c1-17-9-2-4-10(5-3-9)18-11-6-7-12(13(14)15)16-8-11/h2-8H,1H3,(H3,14,15). The predicted molar refractivity (Wildman–Crippen MR) is 68.3 cm³/mol. The van der Waals surface area contributed by atoms with E-state index < -0.39 is 0 Å². The first kappa shape index (κ1) is 11.9. The number of hydrogen-bond donors (Lipinski definition) is 2. The number of rotatable bonds is 4. The van der Waals surface area contributed by atoms with Crippen LogP contribution >= 0.6 is 0 Å². The van der Waals surface area contributed by atoms with Crippen LogP contribution in [0.25, 0.3) is 0 Å². The summed E-state index contributed by atoms with van der Waals surface area (Å²) in [6.45, 7) is 0. The van der Waals surface area contributed by atoms with E-state index >= 15 is 0 Å². The summed E-state index contributed by atoms with van der Waals surface area (Å²) in [5.74, 6) is 1.98. The molecule has 0 radical (unpaired) electrons. The molecule has 0 aliphatic carbocycles. The Morgan fingerprint density at radius 3 is 2.17 bits per heavy atom. The van der Waals surface area contributed by atoms with Crippen molar-refractivity contribution in [1.82, 2.24) is 4.98 Å². The van der Waals surface area contributed by atoms with Crippen molar-refractivity contribution in [2.45, 2.75) is 0 Å². The summed E-state index contributed by atoms with van der Waals surface area (Å²) < 4.78 is 10.6. The van der Waals surface area contributed by atoms with Crippen molar-refractivity contribution in [3.63, 3.8) is 0 Å². The molecule has 0 atom stereocenters. The van der Waals surface area contributed by atoms with Gasteiger partial charge in [-0.05, 0) is 36.4 Å². The minimum atomic E-state index is -0.0639. The molecular weight excluding hydrogens is 230 g/mol. The van der Waals surface area contributed by atoms with Crippen LogP contribution in [0.15, 0.2) is 42.6 Å². The van der Waals surface area contributed by atoms with Crippen molar-refractivity contribution in [3.05, 3.63) is 48.3 Å². The van der Waals surface area contributed by atoms with Gasteiger partial charge in [0, 0.05) is 0 Å². The van der Waals surface area contributed by atoms with Gasteiger partial charge in [-0.1, -0.05) is 0 Å². The molecule has 0 spiro atoms. The van der Waals surface area contributed by atoms with Crippen LogP contribution in [0.5, 0.6) is 17.2 Å². The van der Waals surface area contributed by atoms with E-state index in [2.05, 4.69) is 4.98 Å². The Morgan fingerprint density at radius 1 is 1.06 bits per heavy atom. The largest absolute Gasteiger partial charge is 0.497 e. The van der Waals surface area contributed by atoms with Crippen LogP contribution in [-0.4, -0.2) is 17.9 Å². The Labute approximate surface area is 105 Å². The van der Waals surface area contributed by atoms with Crippen LogP contribution in [-0.2, 0) is 0 Å². The minimum Gasteiger partial charge on any atom is -0.497 e. The van der Waals surface area contributed by atoms with Gasteiger partial charge in [0.1, 0.15) is 28.8 Å². The molecule has 1 heterocycles. The summed E-state index contributed by atoms with van der Waals surface area (Å²) >= 11 is 0. The van der Waals surface area contributed by atoms with Crippen molar-refractivity contribution in [1.29, 1.82) is 5.41 Å². The summed E-state index contributed by atoms with van der Waals surface area (Å²) in [4.78, 5) is 4.01. The average Bonchev–Trinajstić information content (AvgIpc) is 2.40. The molecule has 18 heavy (non-hydrogen) atoms. The van der Waals surface area contributed by atoms with E-state index in [9.17, 15) is 0 Å². The molecule has 1 aromatic carbocycles. The maximum Gasteiger partial charge on any atom is 0.145 e. The van der Waals surface area contributed by atoms with E-state index in [1.807, 2.05) is 12.1 Å². The highest BCUT2D eigenvalue weighted by Gasteiger charge is 2.01. The molecule has 0 fully saturated rings. The molecule has 0 unspecified atom stereocenters. The molecule has 2 aromatic rings. The lowest BCUT2D eigenvalue weighted by molar-refractivity contribution is 0.412. The van der Waals surface area contributed by atoms with Crippen molar-refractivity contribution < 1.29 is 9.47 Å². The molecule has 0 bridgehead atoms. The Morgan fingerprint density at radius 2 is 1.67 bits per heavy atom. The topological polar surface area (TPSA) is 81.2 Å². The Kier molecular flexibility index (Phi) is 3.43. The quantitative estimate of drug-likeness (QED) is 0.637. The Hall–Kier alpha value is -2.56. The molecule has 0 aliphatic rings. The van der Waals surface area contributed by atoms with Gasteiger partial charge in [-0.2, -0.15) is 0 Å². The summed E-state index contributed by atoms with van der Waals surface area (Å²) in [5.41, 5.74) is 5.74. The van der Waals surface area contributed by atoms with Crippen LogP contribution in [0.1, 0.15) is 5.69 Å². The second kappa shape index (κ2) is 5.18. The van der Waals surface area contributed by atoms with Gasteiger partial charge in [-0.3, -0.25) is 5.41 Å². The monoisotopic (exact) mass is 243 g/mol. The van der Waals surface area contributed by atoms with E-state index in [1.54, 1.807) is 31.4 Å². The van der Waals surface area contributed by atoms with Gasteiger partial charge in [0.15, 0.2) is 0 Å². The Bertz CT molecular complexity index is 535. The molecule has 92 valence electrons. The fourth-order valence-corrected chi connectivity index (χ4v) is 1.38. The van der Waals surface area contributed by atoms with Gasteiger partial charge >= 0.3 is 0 Å². The zero-order chi connectivity index (χ0) is 13.0. The fraction of sp³-hybridized carbons (Fsp3) is 0.0769. The smallest absolute Gasteiger partial charge is 0.145 e. The van der Waals surface area contributed by atoms with Crippen LogP contribution in [0, 0.1) is 5.41 Å². The minimum absolute atomic E-state index is 0.0639. The fourth-order valence-electron chi connectivity index (χ4n) is 1.38. The summed E-state index contributed by atoms with van der Waals surface area (Å²) in [6.07, 6.45) is 1.53. The van der Waals surface area contributed by atoms with E-state index in [1.165, 1.54) is 6.20 Å². The van der Waals surface area contributed by atoms with Gasteiger partial charge in [-0.25, -0.2) is 4.98 Å². The van der Waals surface area contributed by atoms with Crippen molar-refractivity contribution >= 4 is 5.84 Å². The van der Waals surface area contributed by atoms with Crippen LogP contribution < -0.4 is 15.2 Å². The number of nitrogens with one attached hydrogen (secondary N) is 1. The first-order chi connectivity index (χ1) is 8.69. The molecule has 3 N–H and O–H groups in total. The lowest BCUT2D eigenvalue weighted by Crippen LogP contribution is -2.12. The molecule has 0 amide bonds. The van der Waals surface area contributed by atoms with Crippen LogP contribution in [0.4, 0.5) is 0 Å². The lowest BCUT2D eigenvalue weighted by atomic mass is 10.3. The average molecular weight is 243 g/mol. The number of nitrogens with zero attached hydrogens (tertiary/aromatic N) is 1. The SMILES string of the molecule is COc1ccc(Oc2ccc(C(=N)N)nc2)cc1. The summed E-state index contributed by atoms with van der Waals surface area (Å²) in [5, 5.41) is 7.23. The molecule has 5 heteroatoms. The van der Waals surface area contributed by atoms with Crippen LogP contribution in [0.2, 0.25) is 0 Å². The number of nitrogen functional groups attached to an aromatic ring is 1. The third kappa shape index (κ3) is 2.76. The van der Waals surface area contributed by atoms with Crippen molar-refractivity contribution in [2.24, 2.45) is 5.73 Å². The highest BCUT2D eigenvalue weighted by molar-refractivity contribution is 5.92. The maximum atomic E-state index is 7.23. The molecule has 0 aliphatic heterocycles. The zero-order valence-electron chi connectivity index (χ0n) is 9.88. The van der Waals surface area contributed by atoms with E-state index in [0.29, 0.717) is 17.2 Å². The predicted octanol–water partition coefficient (Wildman–Crippen LogP) is 2.17. The lowest BCUT2D eigenvalue weighted by Gasteiger charge is -2.06. The normalized spacial score (nSPS) is 9.83. The number of nitrogens with two attached hydrogens (primary N) is 1. The molecule has 0 saturated heterocycles. The third-order valence-corrected chi connectivity index (χ3v) is 2.31. The maximum absolute atomic E-state index is 7.23. The third-order valence-electron chi connectivity index (χ3n) is 2.31.